The van der Waals surface area contributed by atoms with Crippen molar-refractivity contribution in [2.24, 2.45) is 0 Å². The number of nitrogens with zero attached hydrogens (tertiary/aromatic N) is 4. The number of nitrogens with one attached hydrogen (secondary N) is 2. The number of alkyl halides is 3. The van der Waals surface area contributed by atoms with E-state index >= 15 is 0 Å². The number of ether oxygens (including phenoxy) is 1. The zero-order chi connectivity index (χ0) is 19.4. The minimum absolute atomic E-state index is 0.0277. The molecule has 0 bridgehead atoms. The number of carbonyl (C=O) groups excluding carboxylic acids is 1. The second kappa shape index (κ2) is 7.58. The molecule has 0 saturated carbocycles. The van der Waals surface area contributed by atoms with Crippen molar-refractivity contribution in [1.29, 1.82) is 0 Å². The standard InChI is InChI=1S/C16H15F3N6O2/c1-2-21-15(26)24-12-8-25-13(23-12)6-11(10-4-3-5-20-7-10)22-14(25)9-27-16(17,18)19/h3-8H,2,9H2,1H3,(H2,21,24,26). The molecule has 2 amide bonds. The molecule has 0 unspecified atom stereocenters. The van der Waals surface area contributed by atoms with Gasteiger partial charge in [-0.25, -0.2) is 14.8 Å². The maximum atomic E-state index is 12.5. The molecule has 27 heavy (non-hydrogen) atoms. The van der Waals surface area contributed by atoms with Crippen LogP contribution in [-0.2, 0) is 11.3 Å². The lowest BCUT2D eigenvalue weighted by Gasteiger charge is -2.10. The van der Waals surface area contributed by atoms with Gasteiger partial charge in [-0.2, -0.15) is 0 Å². The van der Waals surface area contributed by atoms with Gasteiger partial charge in [0.05, 0.1) is 11.9 Å². The fourth-order valence-corrected chi connectivity index (χ4v) is 2.34. The molecule has 0 fully saturated rings. The lowest BCUT2D eigenvalue weighted by atomic mass is 10.2. The third kappa shape index (κ3) is 4.70. The summed E-state index contributed by atoms with van der Waals surface area (Å²) in [4.78, 5) is 24.1. The zero-order valence-electron chi connectivity index (χ0n) is 14.1. The Kier molecular flexibility index (Phi) is 5.21. The summed E-state index contributed by atoms with van der Waals surface area (Å²) in [7, 11) is 0. The monoisotopic (exact) mass is 380 g/mol. The van der Waals surface area contributed by atoms with E-state index in [-0.39, 0.29) is 11.6 Å². The number of rotatable bonds is 5. The highest BCUT2D eigenvalue weighted by atomic mass is 19.4. The van der Waals surface area contributed by atoms with Crippen molar-refractivity contribution in [3.63, 3.8) is 0 Å². The Hall–Kier alpha value is -3.21. The first kappa shape index (κ1) is 18.6. The van der Waals surface area contributed by atoms with Crippen molar-refractivity contribution in [1.82, 2.24) is 24.7 Å². The Labute approximate surface area is 151 Å². The van der Waals surface area contributed by atoms with E-state index in [1.807, 2.05) is 0 Å². The number of aromatic nitrogens is 4. The predicted octanol–water partition coefficient (Wildman–Crippen LogP) is 2.97. The first-order chi connectivity index (χ1) is 12.9. The molecule has 0 aromatic carbocycles. The Bertz CT molecular complexity index is 942. The van der Waals surface area contributed by atoms with Gasteiger partial charge in [0.1, 0.15) is 18.1 Å². The molecular formula is C16H15F3N6O2. The van der Waals surface area contributed by atoms with Gasteiger partial charge in [-0.1, -0.05) is 0 Å². The van der Waals surface area contributed by atoms with Crippen molar-refractivity contribution in [2.75, 3.05) is 11.9 Å². The van der Waals surface area contributed by atoms with E-state index in [0.717, 1.165) is 0 Å². The lowest BCUT2D eigenvalue weighted by molar-refractivity contribution is -0.331. The van der Waals surface area contributed by atoms with Gasteiger partial charge in [-0.15, -0.1) is 13.2 Å². The fourth-order valence-electron chi connectivity index (χ4n) is 2.34. The van der Waals surface area contributed by atoms with Gasteiger partial charge < -0.3 is 5.32 Å². The van der Waals surface area contributed by atoms with E-state index < -0.39 is 19.0 Å². The number of anilines is 1. The van der Waals surface area contributed by atoms with Crippen molar-refractivity contribution in [3.05, 3.63) is 42.6 Å². The maximum absolute atomic E-state index is 12.5. The number of fused-ring (bicyclic) bond motifs is 1. The summed E-state index contributed by atoms with van der Waals surface area (Å²) in [5, 5.41) is 5.04. The topological polar surface area (TPSA) is 93.4 Å². The number of hydrogen-bond acceptors (Lipinski definition) is 5. The second-order valence-electron chi connectivity index (χ2n) is 5.37. The van der Waals surface area contributed by atoms with Crippen molar-refractivity contribution in [2.45, 2.75) is 19.9 Å². The molecule has 3 rings (SSSR count). The molecule has 2 N–H and O–H groups in total. The van der Waals surface area contributed by atoms with Crippen LogP contribution in [0.3, 0.4) is 0 Å². The molecule has 3 aromatic heterocycles. The highest BCUT2D eigenvalue weighted by Crippen LogP contribution is 2.23. The number of hydrogen-bond donors (Lipinski definition) is 2. The highest BCUT2D eigenvalue weighted by Gasteiger charge is 2.30. The van der Waals surface area contributed by atoms with Gasteiger partial charge in [0.15, 0.2) is 5.82 Å². The summed E-state index contributed by atoms with van der Waals surface area (Å²) in [6.07, 6.45) is -0.329. The van der Waals surface area contributed by atoms with Crippen molar-refractivity contribution < 1.29 is 22.7 Å². The Morgan fingerprint density at radius 3 is 2.81 bits per heavy atom. The van der Waals surface area contributed by atoms with Gasteiger partial charge in [-0.3, -0.25) is 19.4 Å². The van der Waals surface area contributed by atoms with Crippen LogP contribution in [0.4, 0.5) is 23.8 Å². The largest absolute Gasteiger partial charge is 0.522 e. The summed E-state index contributed by atoms with van der Waals surface area (Å²) >= 11 is 0. The Balaban J connectivity index is 2.02. The summed E-state index contributed by atoms with van der Waals surface area (Å²) in [6, 6.07) is 4.50. The first-order valence-corrected chi connectivity index (χ1v) is 7.90. The lowest BCUT2D eigenvalue weighted by Crippen LogP contribution is -2.28. The average molecular weight is 380 g/mol. The second-order valence-corrected chi connectivity index (χ2v) is 5.37. The van der Waals surface area contributed by atoms with Crippen LogP contribution in [0.25, 0.3) is 16.9 Å². The predicted molar refractivity (Wildman–Crippen MR) is 89.8 cm³/mol. The average Bonchev–Trinajstić information content (AvgIpc) is 3.02. The summed E-state index contributed by atoms with van der Waals surface area (Å²) in [5.74, 6) is 0.138. The minimum Gasteiger partial charge on any atom is -0.338 e. The number of halogens is 3. The van der Waals surface area contributed by atoms with E-state index in [2.05, 4.69) is 30.3 Å². The van der Waals surface area contributed by atoms with E-state index in [4.69, 9.17) is 0 Å². The molecule has 0 atom stereocenters. The number of amides is 2. The fraction of sp³-hybridized carbons (Fsp3) is 0.250. The minimum atomic E-state index is -4.80. The first-order valence-electron chi connectivity index (χ1n) is 7.90. The highest BCUT2D eigenvalue weighted by molar-refractivity contribution is 5.88. The van der Waals surface area contributed by atoms with Crippen LogP contribution in [0.2, 0.25) is 0 Å². The Morgan fingerprint density at radius 2 is 2.15 bits per heavy atom. The number of imidazole rings is 1. The molecule has 3 aromatic rings. The van der Waals surface area contributed by atoms with Crippen molar-refractivity contribution >= 4 is 17.5 Å². The summed E-state index contributed by atoms with van der Waals surface area (Å²) < 4.78 is 42.7. The Morgan fingerprint density at radius 1 is 1.33 bits per heavy atom. The molecule has 0 aliphatic carbocycles. The van der Waals surface area contributed by atoms with Gasteiger partial charge >= 0.3 is 12.4 Å². The molecule has 0 aliphatic rings. The van der Waals surface area contributed by atoms with E-state index in [1.54, 1.807) is 31.3 Å². The quantitative estimate of drug-likeness (QED) is 0.710. The van der Waals surface area contributed by atoms with E-state index in [9.17, 15) is 18.0 Å². The van der Waals surface area contributed by atoms with E-state index in [0.29, 0.717) is 23.4 Å². The molecule has 3 heterocycles. The van der Waals surface area contributed by atoms with Crippen LogP contribution in [0, 0.1) is 0 Å². The van der Waals surface area contributed by atoms with Crippen LogP contribution in [0.1, 0.15) is 12.7 Å². The molecule has 8 nitrogen and oxygen atoms in total. The van der Waals surface area contributed by atoms with Gasteiger partial charge in [0.25, 0.3) is 0 Å². The van der Waals surface area contributed by atoms with Crippen LogP contribution in [0.15, 0.2) is 36.8 Å². The van der Waals surface area contributed by atoms with Gasteiger partial charge in [0, 0.05) is 30.6 Å². The smallest absolute Gasteiger partial charge is 0.338 e. The maximum Gasteiger partial charge on any atom is 0.522 e. The molecule has 0 spiro atoms. The number of carbonyl (C=O) groups is 1. The number of pyridine rings is 1. The normalized spacial score (nSPS) is 11.6. The molecule has 0 aliphatic heterocycles. The molecule has 142 valence electrons. The molecular weight excluding hydrogens is 365 g/mol. The third-order valence-corrected chi connectivity index (χ3v) is 3.43. The van der Waals surface area contributed by atoms with Crippen LogP contribution in [-0.4, -0.2) is 38.3 Å². The van der Waals surface area contributed by atoms with Gasteiger partial charge in [-0.05, 0) is 19.1 Å². The zero-order valence-corrected chi connectivity index (χ0v) is 14.1. The van der Waals surface area contributed by atoms with Crippen LogP contribution in [0.5, 0.6) is 0 Å². The third-order valence-electron chi connectivity index (χ3n) is 3.43. The van der Waals surface area contributed by atoms with Gasteiger partial charge in [0.2, 0.25) is 0 Å². The van der Waals surface area contributed by atoms with Crippen molar-refractivity contribution in [3.8, 4) is 11.3 Å². The summed E-state index contributed by atoms with van der Waals surface area (Å²) in [5.41, 5.74) is 1.29. The molecule has 0 saturated heterocycles. The number of urea groups is 1. The van der Waals surface area contributed by atoms with Crippen LogP contribution < -0.4 is 10.6 Å². The van der Waals surface area contributed by atoms with E-state index in [1.165, 1.54) is 16.8 Å². The van der Waals surface area contributed by atoms with Crippen LogP contribution >= 0.6 is 0 Å². The SMILES string of the molecule is CCNC(=O)Nc1cn2c(COC(F)(F)F)nc(-c3cccnc3)cc2n1. The summed E-state index contributed by atoms with van der Waals surface area (Å²) in [6.45, 7) is 1.35. The molecule has 0 radical (unpaired) electrons. The molecule has 11 heteroatoms.